The maximum absolute atomic E-state index is 11.9. The van der Waals surface area contributed by atoms with E-state index in [1.807, 2.05) is 24.3 Å². The van der Waals surface area contributed by atoms with Crippen molar-refractivity contribution < 1.29 is 9.53 Å². The number of amides is 1. The Kier molecular flexibility index (Phi) is 7.45. The van der Waals surface area contributed by atoms with Crippen LogP contribution in [0.3, 0.4) is 0 Å². The molecule has 1 amide bonds. The predicted molar refractivity (Wildman–Crippen MR) is 105 cm³/mol. The van der Waals surface area contributed by atoms with E-state index in [2.05, 4.69) is 15.6 Å². The van der Waals surface area contributed by atoms with Crippen molar-refractivity contribution in [2.75, 3.05) is 41.4 Å². The highest BCUT2D eigenvalue weighted by Gasteiger charge is 2.36. The summed E-state index contributed by atoms with van der Waals surface area (Å²) < 4.78 is 5.25. The van der Waals surface area contributed by atoms with Gasteiger partial charge >= 0.3 is 0 Å². The van der Waals surface area contributed by atoms with E-state index in [0.717, 1.165) is 31.1 Å². The van der Waals surface area contributed by atoms with Crippen molar-refractivity contribution in [3.05, 3.63) is 35.4 Å². The van der Waals surface area contributed by atoms with E-state index < -0.39 is 0 Å². The average Bonchev–Trinajstić information content (AvgIpc) is 2.62. The Labute approximate surface area is 157 Å². The van der Waals surface area contributed by atoms with Crippen molar-refractivity contribution in [2.24, 2.45) is 10.4 Å². The minimum Gasteiger partial charge on any atom is -0.385 e. The molecule has 1 aliphatic carbocycles. The van der Waals surface area contributed by atoms with Gasteiger partial charge in [-0.3, -0.25) is 9.79 Å². The first-order chi connectivity index (χ1) is 12.5. The summed E-state index contributed by atoms with van der Waals surface area (Å²) in [6, 6.07) is 7.68. The molecule has 144 valence electrons. The summed E-state index contributed by atoms with van der Waals surface area (Å²) in [5.74, 6) is 0.825. The highest BCUT2D eigenvalue weighted by atomic mass is 16.5. The minimum atomic E-state index is 0.0174. The molecule has 0 spiro atoms. The molecule has 2 N–H and O–H groups in total. The Balaban J connectivity index is 1.82. The number of ether oxygens (including phenoxy) is 1. The van der Waals surface area contributed by atoms with Crippen LogP contribution >= 0.6 is 0 Å². The van der Waals surface area contributed by atoms with Crippen LogP contribution in [0.1, 0.15) is 41.6 Å². The van der Waals surface area contributed by atoms with Crippen molar-refractivity contribution in [1.29, 1.82) is 0 Å². The number of hydrogen-bond donors (Lipinski definition) is 2. The highest BCUT2D eigenvalue weighted by molar-refractivity contribution is 5.93. The number of methoxy groups -OCH3 is 1. The zero-order valence-electron chi connectivity index (χ0n) is 16.5. The molecular weight excluding hydrogens is 328 g/mol. The summed E-state index contributed by atoms with van der Waals surface area (Å²) in [5.41, 5.74) is 2.16. The third kappa shape index (κ3) is 5.46. The van der Waals surface area contributed by atoms with Crippen molar-refractivity contribution in [2.45, 2.75) is 32.2 Å². The molecule has 1 aromatic rings. The first-order valence-electron chi connectivity index (χ1n) is 9.24. The smallest absolute Gasteiger partial charge is 0.253 e. The summed E-state index contributed by atoms with van der Waals surface area (Å²) in [5, 5.41) is 6.80. The molecule has 0 heterocycles. The number of hydrogen-bond acceptors (Lipinski definition) is 3. The van der Waals surface area contributed by atoms with Crippen LogP contribution < -0.4 is 10.6 Å². The quantitative estimate of drug-likeness (QED) is 0.551. The molecule has 0 aromatic heterocycles. The largest absolute Gasteiger partial charge is 0.385 e. The van der Waals surface area contributed by atoms with Gasteiger partial charge in [-0.05, 0) is 42.4 Å². The minimum absolute atomic E-state index is 0.0174. The number of rotatable bonds is 8. The van der Waals surface area contributed by atoms with E-state index in [1.165, 1.54) is 19.3 Å². The predicted octanol–water partition coefficient (Wildman–Crippen LogP) is 2.26. The molecule has 2 rings (SSSR count). The third-order valence-corrected chi connectivity index (χ3v) is 5.17. The maximum atomic E-state index is 11.9. The van der Waals surface area contributed by atoms with Gasteiger partial charge in [-0.25, -0.2) is 0 Å². The van der Waals surface area contributed by atoms with Gasteiger partial charge in [-0.1, -0.05) is 18.6 Å². The fourth-order valence-electron chi connectivity index (χ4n) is 3.21. The molecule has 26 heavy (non-hydrogen) atoms. The molecule has 0 saturated heterocycles. The second-order valence-corrected chi connectivity index (χ2v) is 7.27. The lowest BCUT2D eigenvalue weighted by Gasteiger charge is -2.42. The molecule has 1 aliphatic rings. The average molecular weight is 361 g/mol. The van der Waals surface area contributed by atoms with Crippen LogP contribution in [0.15, 0.2) is 29.3 Å². The maximum Gasteiger partial charge on any atom is 0.253 e. The molecule has 0 unspecified atom stereocenters. The normalized spacial score (nSPS) is 15.9. The van der Waals surface area contributed by atoms with Gasteiger partial charge in [0.15, 0.2) is 5.96 Å². The first-order valence-corrected chi connectivity index (χ1v) is 9.24. The zero-order valence-corrected chi connectivity index (χ0v) is 16.5. The van der Waals surface area contributed by atoms with E-state index in [4.69, 9.17) is 4.74 Å². The van der Waals surface area contributed by atoms with Gasteiger partial charge in [0.1, 0.15) is 0 Å². The van der Waals surface area contributed by atoms with E-state index in [0.29, 0.717) is 17.5 Å². The van der Waals surface area contributed by atoms with Crippen molar-refractivity contribution in [1.82, 2.24) is 15.5 Å². The molecule has 1 aromatic carbocycles. The summed E-state index contributed by atoms with van der Waals surface area (Å²) >= 11 is 0. The number of carbonyl (C=O) groups is 1. The Morgan fingerprint density at radius 3 is 2.42 bits per heavy atom. The van der Waals surface area contributed by atoms with Crippen LogP contribution in [0, 0.1) is 5.41 Å². The molecule has 0 atom stereocenters. The number of benzene rings is 1. The molecule has 1 saturated carbocycles. The van der Waals surface area contributed by atoms with Crippen molar-refractivity contribution in [3.8, 4) is 0 Å². The SMILES string of the molecule is CN=C(NCc1ccc(C(=O)N(C)C)cc1)NCC1(CCOC)CCC1. The summed E-state index contributed by atoms with van der Waals surface area (Å²) in [6.45, 7) is 2.40. The second-order valence-electron chi connectivity index (χ2n) is 7.27. The van der Waals surface area contributed by atoms with E-state index in [1.54, 1.807) is 33.2 Å². The van der Waals surface area contributed by atoms with Gasteiger partial charge in [-0.15, -0.1) is 0 Å². The lowest BCUT2D eigenvalue weighted by atomic mass is 9.67. The Bertz CT molecular complexity index is 607. The molecule has 6 nitrogen and oxygen atoms in total. The number of nitrogens with one attached hydrogen (secondary N) is 2. The van der Waals surface area contributed by atoms with E-state index >= 15 is 0 Å². The summed E-state index contributed by atoms with van der Waals surface area (Å²) in [6.07, 6.45) is 4.90. The molecule has 6 heteroatoms. The molecule has 0 radical (unpaired) electrons. The fourth-order valence-corrected chi connectivity index (χ4v) is 3.21. The standard InChI is InChI=1S/C20H32N4O2/c1-21-19(23-15-20(10-5-11-20)12-13-26-4)22-14-16-6-8-17(9-7-16)18(25)24(2)3/h6-9H,5,10-15H2,1-4H3,(H2,21,22,23). The summed E-state index contributed by atoms with van der Waals surface area (Å²) in [4.78, 5) is 17.8. The lowest BCUT2D eigenvalue weighted by Crippen LogP contribution is -2.46. The van der Waals surface area contributed by atoms with Crippen LogP contribution in [-0.4, -0.2) is 58.2 Å². The first kappa shape index (κ1) is 20.2. The Hall–Kier alpha value is -2.08. The molecule has 0 aliphatic heterocycles. The molecule has 1 fully saturated rings. The van der Waals surface area contributed by atoms with E-state index in [-0.39, 0.29) is 5.91 Å². The van der Waals surface area contributed by atoms with Crippen LogP contribution in [-0.2, 0) is 11.3 Å². The van der Waals surface area contributed by atoms with Crippen LogP contribution in [0.4, 0.5) is 0 Å². The molecule has 0 bridgehead atoms. The van der Waals surface area contributed by atoms with Crippen LogP contribution in [0.5, 0.6) is 0 Å². The van der Waals surface area contributed by atoms with Crippen LogP contribution in [0.25, 0.3) is 0 Å². The highest BCUT2D eigenvalue weighted by Crippen LogP contribution is 2.43. The van der Waals surface area contributed by atoms with E-state index in [9.17, 15) is 4.79 Å². The van der Waals surface area contributed by atoms with Gasteiger partial charge in [-0.2, -0.15) is 0 Å². The lowest BCUT2D eigenvalue weighted by molar-refractivity contribution is 0.0732. The summed E-state index contributed by atoms with van der Waals surface area (Å²) in [7, 11) is 7.07. The monoisotopic (exact) mass is 360 g/mol. The Morgan fingerprint density at radius 2 is 1.92 bits per heavy atom. The zero-order chi connectivity index (χ0) is 19.0. The number of carbonyl (C=O) groups excluding carboxylic acids is 1. The molecular formula is C20H32N4O2. The van der Waals surface area contributed by atoms with Gasteiger partial charge in [0.2, 0.25) is 0 Å². The van der Waals surface area contributed by atoms with Crippen LogP contribution in [0.2, 0.25) is 0 Å². The van der Waals surface area contributed by atoms with Gasteiger partial charge in [0.25, 0.3) is 5.91 Å². The number of aliphatic imine (C=N–C) groups is 1. The van der Waals surface area contributed by atoms with Gasteiger partial charge in [0, 0.05) is 53.5 Å². The fraction of sp³-hybridized carbons (Fsp3) is 0.600. The number of nitrogens with zero attached hydrogens (tertiary/aromatic N) is 2. The van der Waals surface area contributed by atoms with Gasteiger partial charge in [0.05, 0.1) is 0 Å². The topological polar surface area (TPSA) is 66.0 Å². The van der Waals surface area contributed by atoms with Crippen molar-refractivity contribution in [3.63, 3.8) is 0 Å². The third-order valence-electron chi connectivity index (χ3n) is 5.17. The second kappa shape index (κ2) is 9.57. The van der Waals surface area contributed by atoms with Gasteiger partial charge < -0.3 is 20.3 Å². The number of guanidine groups is 1. The van der Waals surface area contributed by atoms with Crippen molar-refractivity contribution >= 4 is 11.9 Å². The Morgan fingerprint density at radius 1 is 1.23 bits per heavy atom.